The van der Waals surface area contributed by atoms with Crippen LogP contribution in [0.3, 0.4) is 0 Å². The summed E-state index contributed by atoms with van der Waals surface area (Å²) < 4.78 is 5.58. The van der Waals surface area contributed by atoms with Gasteiger partial charge in [0.05, 0.1) is 5.69 Å². The molecule has 0 aliphatic heterocycles. The molecule has 3 heteroatoms. The Morgan fingerprint density at radius 2 is 1.90 bits per heavy atom. The van der Waals surface area contributed by atoms with E-state index in [1.54, 1.807) is 6.26 Å². The smallest absolute Gasteiger partial charge is 0.226 e. The summed E-state index contributed by atoms with van der Waals surface area (Å²) in [5.74, 6) is 0.677. The molecule has 0 bridgehead atoms. The van der Waals surface area contributed by atoms with E-state index in [1.807, 2.05) is 18.2 Å². The van der Waals surface area contributed by atoms with Crippen LogP contribution in [0, 0.1) is 0 Å². The zero-order valence-corrected chi connectivity index (χ0v) is 11.8. The van der Waals surface area contributed by atoms with Gasteiger partial charge in [-0.1, -0.05) is 44.2 Å². The minimum atomic E-state index is 0.441. The van der Waals surface area contributed by atoms with Crippen LogP contribution in [0.2, 0.25) is 0 Å². The number of oxazole rings is 1. The molecule has 102 valence electrons. The van der Waals surface area contributed by atoms with Crippen LogP contribution in [0.15, 0.2) is 53.1 Å². The van der Waals surface area contributed by atoms with Crippen molar-refractivity contribution in [1.29, 1.82) is 0 Å². The average molecular weight is 266 g/mol. The van der Waals surface area contributed by atoms with Gasteiger partial charge in [-0.2, -0.15) is 0 Å². The zero-order chi connectivity index (χ0) is 13.9. The fourth-order valence-corrected chi connectivity index (χ4v) is 2.15. The molecule has 1 aromatic heterocycles. The van der Waals surface area contributed by atoms with Gasteiger partial charge in [0.2, 0.25) is 5.89 Å². The topological polar surface area (TPSA) is 38.1 Å². The Labute approximate surface area is 118 Å². The number of aromatic nitrogens is 1. The summed E-state index contributed by atoms with van der Waals surface area (Å²) >= 11 is 0. The van der Waals surface area contributed by atoms with Gasteiger partial charge in [0.15, 0.2) is 0 Å². The van der Waals surface area contributed by atoms with Gasteiger partial charge in [-0.15, -0.1) is 0 Å². The lowest BCUT2D eigenvalue weighted by atomic mass is 10.1. The van der Waals surface area contributed by atoms with E-state index in [0.717, 1.165) is 17.8 Å². The molecule has 20 heavy (non-hydrogen) atoms. The van der Waals surface area contributed by atoms with Gasteiger partial charge in [-0.05, 0) is 22.9 Å². The van der Waals surface area contributed by atoms with Crippen LogP contribution in [0.5, 0.6) is 0 Å². The normalized spacial score (nSPS) is 11.3. The van der Waals surface area contributed by atoms with Crippen LogP contribution in [0.1, 0.15) is 19.5 Å². The number of rotatable bonds is 4. The maximum atomic E-state index is 5.58. The molecular formula is C17H18N2O. The quantitative estimate of drug-likeness (QED) is 0.775. The fourth-order valence-electron chi connectivity index (χ4n) is 2.15. The largest absolute Gasteiger partial charge is 0.444 e. The fraction of sp³-hybridized carbons (Fsp3) is 0.235. The molecular weight excluding hydrogens is 248 g/mol. The Morgan fingerprint density at radius 1 is 1.10 bits per heavy atom. The van der Waals surface area contributed by atoms with Gasteiger partial charge in [0, 0.05) is 18.2 Å². The van der Waals surface area contributed by atoms with E-state index >= 15 is 0 Å². The molecule has 1 heterocycles. The number of fused-ring (bicyclic) bond motifs is 1. The number of hydrogen-bond donors (Lipinski definition) is 1. The molecule has 0 saturated carbocycles. The Balaban J connectivity index is 1.87. The van der Waals surface area contributed by atoms with Crippen molar-refractivity contribution in [2.45, 2.75) is 26.4 Å². The summed E-state index contributed by atoms with van der Waals surface area (Å²) in [7, 11) is 0. The highest BCUT2D eigenvalue weighted by Crippen LogP contribution is 2.23. The summed E-state index contributed by atoms with van der Waals surface area (Å²) in [5, 5.41) is 5.76. The highest BCUT2D eigenvalue weighted by Gasteiger charge is 2.07. The van der Waals surface area contributed by atoms with Crippen LogP contribution >= 0.6 is 0 Å². The highest BCUT2D eigenvalue weighted by atomic mass is 16.3. The minimum absolute atomic E-state index is 0.441. The molecule has 0 amide bonds. The van der Waals surface area contributed by atoms with Gasteiger partial charge in [-0.25, -0.2) is 4.98 Å². The maximum absolute atomic E-state index is 5.58. The van der Waals surface area contributed by atoms with Crippen LogP contribution < -0.4 is 5.32 Å². The predicted octanol–water partition coefficient (Wildman–Crippen LogP) is 3.99. The Kier molecular flexibility index (Phi) is 3.52. The lowest BCUT2D eigenvalue weighted by Gasteiger charge is -2.04. The molecule has 3 aromatic rings. The van der Waals surface area contributed by atoms with Crippen LogP contribution in [0.25, 0.3) is 22.2 Å². The van der Waals surface area contributed by atoms with Crippen molar-refractivity contribution in [3.8, 4) is 11.5 Å². The summed E-state index contributed by atoms with van der Waals surface area (Å²) in [6.45, 7) is 4.96. The third-order valence-electron chi connectivity index (χ3n) is 3.24. The number of benzene rings is 2. The van der Waals surface area contributed by atoms with Crippen LogP contribution in [-0.2, 0) is 6.54 Å². The minimum Gasteiger partial charge on any atom is -0.444 e. The van der Waals surface area contributed by atoms with Crippen molar-refractivity contribution >= 4 is 10.8 Å². The number of hydrogen-bond acceptors (Lipinski definition) is 3. The van der Waals surface area contributed by atoms with Crippen LogP contribution in [0.4, 0.5) is 0 Å². The Hall–Kier alpha value is -2.13. The molecule has 1 N–H and O–H groups in total. The van der Waals surface area contributed by atoms with Crippen molar-refractivity contribution in [2.75, 3.05) is 0 Å². The molecule has 0 aliphatic carbocycles. The standard InChI is InChI=1S/C17H18N2O/c1-12(2)18-10-16-11-20-17(19-16)15-8-7-13-5-3-4-6-14(13)9-15/h3-9,11-12,18H,10H2,1-2H3. The van der Waals surface area contributed by atoms with Crippen LogP contribution in [-0.4, -0.2) is 11.0 Å². The van der Waals surface area contributed by atoms with E-state index < -0.39 is 0 Å². The molecule has 0 spiro atoms. The second-order valence-corrected chi connectivity index (χ2v) is 5.24. The van der Waals surface area contributed by atoms with E-state index in [1.165, 1.54) is 10.8 Å². The summed E-state index contributed by atoms with van der Waals surface area (Å²) in [4.78, 5) is 4.53. The van der Waals surface area contributed by atoms with E-state index in [-0.39, 0.29) is 0 Å². The molecule has 3 nitrogen and oxygen atoms in total. The highest BCUT2D eigenvalue weighted by molar-refractivity contribution is 5.86. The molecule has 0 aliphatic rings. The SMILES string of the molecule is CC(C)NCc1coc(-c2ccc3ccccc3c2)n1. The van der Waals surface area contributed by atoms with Crippen molar-refractivity contribution in [3.63, 3.8) is 0 Å². The Morgan fingerprint density at radius 3 is 2.70 bits per heavy atom. The summed E-state index contributed by atoms with van der Waals surface area (Å²) in [6.07, 6.45) is 1.72. The van der Waals surface area contributed by atoms with Gasteiger partial charge in [-0.3, -0.25) is 0 Å². The van der Waals surface area contributed by atoms with Crippen molar-refractivity contribution in [1.82, 2.24) is 10.3 Å². The van der Waals surface area contributed by atoms with Gasteiger partial charge < -0.3 is 9.73 Å². The number of nitrogens with one attached hydrogen (secondary N) is 1. The molecule has 0 fully saturated rings. The third-order valence-corrected chi connectivity index (χ3v) is 3.24. The molecule has 0 radical (unpaired) electrons. The molecule has 0 atom stereocenters. The Bertz CT molecular complexity index is 716. The van der Waals surface area contributed by atoms with Gasteiger partial charge in [0.25, 0.3) is 0 Å². The lowest BCUT2D eigenvalue weighted by molar-refractivity contribution is 0.560. The monoisotopic (exact) mass is 266 g/mol. The van der Waals surface area contributed by atoms with Crippen molar-refractivity contribution in [2.24, 2.45) is 0 Å². The first-order valence-electron chi connectivity index (χ1n) is 6.89. The van der Waals surface area contributed by atoms with E-state index in [4.69, 9.17) is 4.42 Å². The van der Waals surface area contributed by atoms with Crippen molar-refractivity contribution < 1.29 is 4.42 Å². The summed E-state index contributed by atoms with van der Waals surface area (Å²) in [6, 6.07) is 15.0. The zero-order valence-electron chi connectivity index (χ0n) is 11.8. The summed E-state index contributed by atoms with van der Waals surface area (Å²) in [5.41, 5.74) is 1.95. The average Bonchev–Trinajstić information content (AvgIpc) is 2.93. The van der Waals surface area contributed by atoms with E-state index in [0.29, 0.717) is 11.9 Å². The molecule has 0 saturated heterocycles. The molecule has 2 aromatic carbocycles. The first-order chi connectivity index (χ1) is 9.72. The van der Waals surface area contributed by atoms with Crippen molar-refractivity contribution in [3.05, 3.63) is 54.4 Å². The number of nitrogens with zero attached hydrogens (tertiary/aromatic N) is 1. The van der Waals surface area contributed by atoms with Gasteiger partial charge in [0.1, 0.15) is 6.26 Å². The van der Waals surface area contributed by atoms with Gasteiger partial charge >= 0.3 is 0 Å². The second kappa shape index (κ2) is 5.47. The lowest BCUT2D eigenvalue weighted by Crippen LogP contribution is -2.21. The maximum Gasteiger partial charge on any atom is 0.226 e. The predicted molar refractivity (Wildman–Crippen MR) is 81.4 cm³/mol. The molecule has 3 rings (SSSR count). The third kappa shape index (κ3) is 2.73. The molecule has 0 unspecified atom stereocenters. The first kappa shape index (κ1) is 12.9. The van der Waals surface area contributed by atoms with E-state index in [2.05, 4.69) is 48.4 Å². The van der Waals surface area contributed by atoms with E-state index in [9.17, 15) is 0 Å². The first-order valence-corrected chi connectivity index (χ1v) is 6.89. The second-order valence-electron chi connectivity index (χ2n) is 5.24.